The van der Waals surface area contributed by atoms with Gasteiger partial charge in [0.2, 0.25) is 15.9 Å². The second-order valence-corrected chi connectivity index (χ2v) is 7.08. The minimum absolute atomic E-state index is 0.113. The second-order valence-electron chi connectivity index (χ2n) is 5.19. The first-order valence-electron chi connectivity index (χ1n) is 6.73. The van der Waals surface area contributed by atoms with Crippen LogP contribution in [0.4, 0.5) is 4.39 Å². The van der Waals surface area contributed by atoms with Crippen LogP contribution in [0.1, 0.15) is 12.8 Å². The van der Waals surface area contributed by atoms with Crippen molar-refractivity contribution < 1.29 is 17.6 Å². The van der Waals surface area contributed by atoms with Crippen molar-refractivity contribution >= 4 is 15.9 Å². The maximum Gasteiger partial charge on any atom is 0.244 e. The molecule has 1 aromatic rings. The number of benzene rings is 1. The highest BCUT2D eigenvalue weighted by Gasteiger charge is 2.38. The standard InChI is InChI=1S/C14H15FN2O3S/c15-10-3-1-4-12(9-10)21(19,20)17-8-2-5-13(17)14(18)16-11-6-7-11/h1-5,9,11,13H,6-8H2,(H,16,18)/t13-/m1/s1. The Morgan fingerprint density at radius 2 is 2.10 bits per heavy atom. The van der Waals surface area contributed by atoms with Gasteiger partial charge in [-0.2, -0.15) is 4.31 Å². The third kappa shape index (κ3) is 2.84. The number of sulfonamides is 1. The third-order valence-electron chi connectivity index (χ3n) is 3.51. The van der Waals surface area contributed by atoms with Crippen molar-refractivity contribution in [1.82, 2.24) is 9.62 Å². The number of nitrogens with zero attached hydrogens (tertiary/aromatic N) is 1. The van der Waals surface area contributed by atoms with Gasteiger partial charge in [-0.25, -0.2) is 12.8 Å². The van der Waals surface area contributed by atoms with Crippen LogP contribution in [-0.4, -0.2) is 37.3 Å². The van der Waals surface area contributed by atoms with Gasteiger partial charge in [0.25, 0.3) is 0 Å². The zero-order valence-electron chi connectivity index (χ0n) is 11.2. The summed E-state index contributed by atoms with van der Waals surface area (Å²) < 4.78 is 39.4. The predicted molar refractivity (Wildman–Crippen MR) is 74.4 cm³/mol. The number of amides is 1. The number of rotatable bonds is 4. The minimum atomic E-state index is -3.90. The van der Waals surface area contributed by atoms with Crippen molar-refractivity contribution in [3.05, 3.63) is 42.2 Å². The average molecular weight is 310 g/mol. The molecule has 1 N–H and O–H groups in total. The van der Waals surface area contributed by atoms with E-state index in [0.717, 1.165) is 23.2 Å². The van der Waals surface area contributed by atoms with Gasteiger partial charge in [0.05, 0.1) is 4.90 Å². The maximum atomic E-state index is 13.2. The first kappa shape index (κ1) is 14.2. The quantitative estimate of drug-likeness (QED) is 0.845. The van der Waals surface area contributed by atoms with Crippen molar-refractivity contribution in [2.75, 3.05) is 6.54 Å². The van der Waals surface area contributed by atoms with Gasteiger partial charge in [0.1, 0.15) is 11.9 Å². The first-order chi connectivity index (χ1) is 9.98. The summed E-state index contributed by atoms with van der Waals surface area (Å²) in [6.07, 6.45) is 5.06. The van der Waals surface area contributed by atoms with Crippen LogP contribution in [0.2, 0.25) is 0 Å². The molecule has 21 heavy (non-hydrogen) atoms. The molecule has 7 heteroatoms. The molecule has 0 radical (unpaired) electrons. The molecule has 0 spiro atoms. The SMILES string of the molecule is O=C(NC1CC1)[C@H]1C=CCN1S(=O)(=O)c1cccc(F)c1. The van der Waals surface area contributed by atoms with E-state index < -0.39 is 21.9 Å². The molecule has 5 nitrogen and oxygen atoms in total. The van der Waals surface area contributed by atoms with Crippen molar-refractivity contribution in [2.45, 2.75) is 29.8 Å². The molecule has 0 saturated heterocycles. The Labute approximate surface area is 122 Å². The van der Waals surface area contributed by atoms with Gasteiger partial charge in [-0.05, 0) is 31.0 Å². The lowest BCUT2D eigenvalue weighted by molar-refractivity contribution is -0.123. The molecule has 1 saturated carbocycles. The Morgan fingerprint density at radius 3 is 2.76 bits per heavy atom. The summed E-state index contributed by atoms with van der Waals surface area (Å²) in [6.45, 7) is 0.113. The Kier molecular flexibility index (Phi) is 3.54. The lowest BCUT2D eigenvalue weighted by Crippen LogP contribution is -2.46. The lowest BCUT2D eigenvalue weighted by atomic mass is 10.3. The van der Waals surface area contributed by atoms with Crippen molar-refractivity contribution in [3.63, 3.8) is 0 Å². The Hall–Kier alpha value is -1.73. The summed E-state index contributed by atoms with van der Waals surface area (Å²) >= 11 is 0. The summed E-state index contributed by atoms with van der Waals surface area (Å²) in [5, 5.41) is 2.79. The monoisotopic (exact) mass is 310 g/mol. The van der Waals surface area contributed by atoms with Gasteiger partial charge in [-0.1, -0.05) is 18.2 Å². The highest BCUT2D eigenvalue weighted by Crippen LogP contribution is 2.24. The largest absolute Gasteiger partial charge is 0.352 e. The summed E-state index contributed by atoms with van der Waals surface area (Å²) in [6, 6.07) is 4.10. The number of hydrogen-bond acceptors (Lipinski definition) is 3. The highest BCUT2D eigenvalue weighted by atomic mass is 32.2. The van der Waals surface area contributed by atoms with E-state index in [9.17, 15) is 17.6 Å². The minimum Gasteiger partial charge on any atom is -0.352 e. The van der Waals surface area contributed by atoms with E-state index in [1.165, 1.54) is 18.2 Å². The topological polar surface area (TPSA) is 66.5 Å². The smallest absolute Gasteiger partial charge is 0.244 e. The fraction of sp³-hybridized carbons (Fsp3) is 0.357. The maximum absolute atomic E-state index is 13.2. The van der Waals surface area contributed by atoms with Gasteiger partial charge in [0.15, 0.2) is 0 Å². The fourth-order valence-electron chi connectivity index (χ4n) is 2.25. The molecule has 2 aliphatic rings. The highest BCUT2D eigenvalue weighted by molar-refractivity contribution is 7.89. The molecule has 1 fully saturated rings. The molecule has 0 bridgehead atoms. The van der Waals surface area contributed by atoms with Gasteiger partial charge in [-0.15, -0.1) is 0 Å². The van der Waals surface area contributed by atoms with Crippen LogP contribution in [0.3, 0.4) is 0 Å². The lowest BCUT2D eigenvalue weighted by Gasteiger charge is -2.23. The van der Waals surface area contributed by atoms with E-state index in [4.69, 9.17) is 0 Å². The summed E-state index contributed by atoms with van der Waals surface area (Å²) in [7, 11) is -3.90. The zero-order chi connectivity index (χ0) is 15.0. The van der Waals surface area contributed by atoms with Crippen molar-refractivity contribution in [2.24, 2.45) is 0 Å². The summed E-state index contributed by atoms with van der Waals surface area (Å²) in [5.41, 5.74) is 0. The van der Waals surface area contributed by atoms with Crippen LogP contribution in [0.5, 0.6) is 0 Å². The molecular formula is C14H15FN2O3S. The van der Waals surface area contributed by atoms with Gasteiger partial charge >= 0.3 is 0 Å². The van der Waals surface area contributed by atoms with E-state index in [1.54, 1.807) is 12.2 Å². The number of nitrogens with one attached hydrogen (secondary N) is 1. The number of carbonyl (C=O) groups excluding carboxylic acids is 1. The molecule has 1 aliphatic carbocycles. The Bertz CT molecular complexity index is 698. The fourth-order valence-corrected chi connectivity index (χ4v) is 3.78. The number of halogens is 1. The van der Waals surface area contributed by atoms with Crippen LogP contribution in [0, 0.1) is 5.82 Å². The van der Waals surface area contributed by atoms with Crippen LogP contribution < -0.4 is 5.32 Å². The molecule has 1 amide bonds. The first-order valence-corrected chi connectivity index (χ1v) is 8.17. The average Bonchev–Trinajstić information content (AvgIpc) is 3.10. The third-order valence-corrected chi connectivity index (χ3v) is 5.35. The van der Waals surface area contributed by atoms with Gasteiger partial charge in [-0.3, -0.25) is 4.79 Å². The van der Waals surface area contributed by atoms with Crippen LogP contribution >= 0.6 is 0 Å². The molecule has 1 atom stereocenters. The van der Waals surface area contributed by atoms with Crippen molar-refractivity contribution in [3.8, 4) is 0 Å². The van der Waals surface area contributed by atoms with Crippen LogP contribution in [0.25, 0.3) is 0 Å². The van der Waals surface area contributed by atoms with E-state index in [1.807, 2.05) is 0 Å². The number of carbonyl (C=O) groups is 1. The van der Waals surface area contributed by atoms with E-state index in [-0.39, 0.29) is 23.4 Å². The Morgan fingerprint density at radius 1 is 1.33 bits per heavy atom. The van der Waals surface area contributed by atoms with Gasteiger partial charge in [0, 0.05) is 12.6 Å². The number of hydrogen-bond donors (Lipinski definition) is 1. The van der Waals surface area contributed by atoms with E-state index in [2.05, 4.69) is 5.32 Å². The summed E-state index contributed by atoms with van der Waals surface area (Å²) in [4.78, 5) is 12.0. The summed E-state index contributed by atoms with van der Waals surface area (Å²) in [5.74, 6) is -0.951. The molecule has 1 heterocycles. The molecule has 1 aromatic carbocycles. The van der Waals surface area contributed by atoms with Crippen molar-refractivity contribution in [1.29, 1.82) is 0 Å². The van der Waals surface area contributed by atoms with E-state index in [0.29, 0.717) is 0 Å². The van der Waals surface area contributed by atoms with Gasteiger partial charge < -0.3 is 5.32 Å². The predicted octanol–water partition coefficient (Wildman–Crippen LogP) is 1.03. The molecular weight excluding hydrogens is 295 g/mol. The molecule has 0 aromatic heterocycles. The van der Waals surface area contributed by atoms with Crippen LogP contribution in [0.15, 0.2) is 41.3 Å². The van der Waals surface area contributed by atoms with Crippen LogP contribution in [-0.2, 0) is 14.8 Å². The molecule has 0 unspecified atom stereocenters. The molecule has 3 rings (SSSR count). The normalized spacial score (nSPS) is 22.4. The second kappa shape index (κ2) is 5.23. The van der Waals surface area contributed by atoms with E-state index >= 15 is 0 Å². The Balaban J connectivity index is 1.85. The zero-order valence-corrected chi connectivity index (χ0v) is 12.0. The molecule has 112 valence electrons. The molecule has 1 aliphatic heterocycles.